The van der Waals surface area contributed by atoms with Crippen molar-refractivity contribution in [2.24, 2.45) is 0 Å². The minimum atomic E-state index is -3.74. The fourth-order valence-electron chi connectivity index (χ4n) is 3.05. The SMILES string of the molecule is COc1ccc(N([C@@H](C)C(=O)N[C@@H](C)c2ccc(C)c(C)c2)S(C)(=O)=O)cc1Cl. The van der Waals surface area contributed by atoms with Crippen LogP contribution in [0, 0.1) is 13.8 Å². The van der Waals surface area contributed by atoms with Crippen LogP contribution in [0.15, 0.2) is 36.4 Å². The zero-order chi connectivity index (χ0) is 21.9. The summed E-state index contributed by atoms with van der Waals surface area (Å²) in [6.07, 6.45) is 1.06. The average Bonchev–Trinajstić information content (AvgIpc) is 2.63. The molecule has 1 amide bonds. The van der Waals surface area contributed by atoms with Crippen LogP contribution in [0.3, 0.4) is 0 Å². The molecule has 1 N–H and O–H groups in total. The highest BCUT2D eigenvalue weighted by molar-refractivity contribution is 7.92. The number of methoxy groups -OCH3 is 1. The van der Waals surface area contributed by atoms with Crippen molar-refractivity contribution in [3.05, 3.63) is 58.1 Å². The number of hydrogen-bond acceptors (Lipinski definition) is 4. The minimum Gasteiger partial charge on any atom is -0.495 e. The number of amides is 1. The van der Waals surface area contributed by atoms with Crippen LogP contribution in [0.1, 0.15) is 36.6 Å². The summed E-state index contributed by atoms with van der Waals surface area (Å²) in [6, 6.07) is 9.32. The number of rotatable bonds is 7. The number of anilines is 1. The highest BCUT2D eigenvalue weighted by Gasteiger charge is 2.30. The van der Waals surface area contributed by atoms with Crippen molar-refractivity contribution in [3.63, 3.8) is 0 Å². The number of benzene rings is 2. The molecule has 0 aliphatic heterocycles. The van der Waals surface area contributed by atoms with Gasteiger partial charge in [-0.1, -0.05) is 29.8 Å². The number of hydrogen-bond donors (Lipinski definition) is 1. The smallest absolute Gasteiger partial charge is 0.244 e. The second-order valence-corrected chi connectivity index (χ2v) is 9.39. The summed E-state index contributed by atoms with van der Waals surface area (Å²) in [7, 11) is -2.27. The van der Waals surface area contributed by atoms with Gasteiger partial charge < -0.3 is 10.1 Å². The first-order valence-corrected chi connectivity index (χ1v) is 11.4. The predicted molar refractivity (Wildman–Crippen MR) is 117 cm³/mol. The Balaban J connectivity index is 2.29. The first-order valence-electron chi connectivity index (χ1n) is 9.16. The van der Waals surface area contributed by atoms with Gasteiger partial charge in [-0.05, 0) is 62.6 Å². The van der Waals surface area contributed by atoms with Crippen molar-refractivity contribution in [3.8, 4) is 5.75 Å². The lowest BCUT2D eigenvalue weighted by Crippen LogP contribution is -2.48. The fraction of sp³-hybridized carbons (Fsp3) is 0.381. The van der Waals surface area contributed by atoms with Gasteiger partial charge in [0.2, 0.25) is 15.9 Å². The molecule has 0 spiro atoms. The highest BCUT2D eigenvalue weighted by Crippen LogP contribution is 2.31. The first-order chi connectivity index (χ1) is 13.5. The molecule has 0 saturated carbocycles. The summed E-state index contributed by atoms with van der Waals surface area (Å²) in [6.45, 7) is 7.44. The van der Waals surface area contributed by atoms with E-state index in [-0.39, 0.29) is 11.1 Å². The van der Waals surface area contributed by atoms with E-state index in [1.807, 2.05) is 39.0 Å². The van der Waals surface area contributed by atoms with Gasteiger partial charge in [-0.3, -0.25) is 9.10 Å². The molecule has 0 fully saturated rings. The standard InChI is InChI=1S/C21H27ClN2O4S/c1-13-7-8-17(11-14(13)2)15(3)23-21(25)16(4)24(29(6,26)27)18-9-10-20(28-5)19(22)12-18/h7-12,15-16H,1-6H3,(H,23,25)/t15-,16-/m0/s1. The van der Waals surface area contributed by atoms with Gasteiger partial charge in [0.1, 0.15) is 11.8 Å². The number of ether oxygens (including phenoxy) is 1. The molecule has 2 atom stereocenters. The topological polar surface area (TPSA) is 75.7 Å². The molecule has 2 rings (SSSR count). The highest BCUT2D eigenvalue weighted by atomic mass is 35.5. The monoisotopic (exact) mass is 438 g/mol. The summed E-state index contributed by atoms with van der Waals surface area (Å²) >= 11 is 6.15. The first kappa shape index (κ1) is 23.0. The van der Waals surface area contributed by atoms with Gasteiger partial charge in [0.05, 0.1) is 30.1 Å². The number of carbonyl (C=O) groups excluding carboxylic acids is 1. The summed E-state index contributed by atoms with van der Waals surface area (Å²) < 4.78 is 31.1. The Labute approximate surface area is 177 Å². The van der Waals surface area contributed by atoms with Gasteiger partial charge in [0.25, 0.3) is 0 Å². The van der Waals surface area contributed by atoms with Crippen LogP contribution in [0.25, 0.3) is 0 Å². The van der Waals surface area contributed by atoms with Crippen LogP contribution in [-0.2, 0) is 14.8 Å². The maximum atomic E-state index is 12.9. The Morgan fingerprint density at radius 3 is 2.28 bits per heavy atom. The number of nitrogens with zero attached hydrogens (tertiary/aromatic N) is 1. The normalized spacial score (nSPS) is 13.5. The summed E-state index contributed by atoms with van der Waals surface area (Å²) in [4.78, 5) is 12.9. The number of aryl methyl sites for hydroxylation is 2. The largest absolute Gasteiger partial charge is 0.495 e. The van der Waals surface area contributed by atoms with E-state index in [0.717, 1.165) is 21.7 Å². The lowest BCUT2D eigenvalue weighted by molar-refractivity contribution is -0.122. The Bertz CT molecular complexity index is 1010. The van der Waals surface area contributed by atoms with Crippen LogP contribution in [0.5, 0.6) is 5.75 Å². The number of carbonyl (C=O) groups is 1. The lowest BCUT2D eigenvalue weighted by atomic mass is 10.0. The fourth-order valence-corrected chi connectivity index (χ4v) is 4.47. The number of sulfonamides is 1. The van der Waals surface area contributed by atoms with E-state index in [4.69, 9.17) is 16.3 Å². The molecule has 158 valence electrons. The van der Waals surface area contributed by atoms with E-state index in [0.29, 0.717) is 11.4 Å². The quantitative estimate of drug-likeness (QED) is 0.708. The van der Waals surface area contributed by atoms with E-state index >= 15 is 0 Å². The van der Waals surface area contributed by atoms with Crippen LogP contribution >= 0.6 is 11.6 Å². The van der Waals surface area contributed by atoms with Gasteiger partial charge in [-0.15, -0.1) is 0 Å². The average molecular weight is 439 g/mol. The third-order valence-corrected chi connectivity index (χ3v) is 6.41. The molecule has 0 heterocycles. The zero-order valence-electron chi connectivity index (χ0n) is 17.5. The van der Waals surface area contributed by atoms with Crippen molar-refractivity contribution in [1.82, 2.24) is 5.32 Å². The molecule has 2 aromatic rings. The second kappa shape index (κ2) is 9.05. The summed E-state index contributed by atoms with van der Waals surface area (Å²) in [5, 5.41) is 3.16. The van der Waals surface area contributed by atoms with Gasteiger partial charge >= 0.3 is 0 Å². The summed E-state index contributed by atoms with van der Waals surface area (Å²) in [5.74, 6) is 0.0115. The molecule has 0 saturated heterocycles. The molecule has 0 aliphatic carbocycles. The van der Waals surface area contributed by atoms with Crippen molar-refractivity contribution in [2.45, 2.75) is 39.8 Å². The number of nitrogens with one attached hydrogen (secondary N) is 1. The molecule has 2 aromatic carbocycles. The maximum absolute atomic E-state index is 12.9. The van der Waals surface area contributed by atoms with E-state index in [9.17, 15) is 13.2 Å². The molecule has 0 bridgehead atoms. The minimum absolute atomic E-state index is 0.259. The number of halogens is 1. The van der Waals surface area contributed by atoms with Crippen LogP contribution in [-0.4, -0.2) is 33.7 Å². The molecular formula is C21H27ClN2O4S. The predicted octanol–water partition coefficient (Wildman–Crippen LogP) is 4.00. The Kier molecular flexibility index (Phi) is 7.19. The molecular weight excluding hydrogens is 412 g/mol. The van der Waals surface area contributed by atoms with Crippen molar-refractivity contribution < 1.29 is 17.9 Å². The molecule has 6 nitrogen and oxygen atoms in total. The van der Waals surface area contributed by atoms with Crippen molar-refractivity contribution in [2.75, 3.05) is 17.7 Å². The Hall–Kier alpha value is -2.25. The van der Waals surface area contributed by atoms with Crippen LogP contribution in [0.2, 0.25) is 5.02 Å². The molecule has 8 heteroatoms. The summed E-state index contributed by atoms with van der Waals surface area (Å²) in [5.41, 5.74) is 3.54. The van der Waals surface area contributed by atoms with Crippen LogP contribution < -0.4 is 14.4 Å². The van der Waals surface area contributed by atoms with E-state index in [1.165, 1.54) is 18.7 Å². The van der Waals surface area contributed by atoms with Gasteiger partial charge in [-0.25, -0.2) is 8.42 Å². The van der Waals surface area contributed by atoms with E-state index in [1.54, 1.807) is 19.1 Å². The lowest BCUT2D eigenvalue weighted by Gasteiger charge is -2.29. The van der Waals surface area contributed by atoms with Crippen LogP contribution in [0.4, 0.5) is 5.69 Å². The van der Waals surface area contributed by atoms with E-state index < -0.39 is 22.0 Å². The Morgan fingerprint density at radius 1 is 1.10 bits per heavy atom. The van der Waals surface area contributed by atoms with Gasteiger partial charge in [-0.2, -0.15) is 0 Å². The van der Waals surface area contributed by atoms with Gasteiger partial charge in [0.15, 0.2) is 0 Å². The third-order valence-electron chi connectivity index (χ3n) is 4.87. The van der Waals surface area contributed by atoms with Crippen molar-refractivity contribution in [1.29, 1.82) is 0 Å². The van der Waals surface area contributed by atoms with Gasteiger partial charge in [0, 0.05) is 0 Å². The molecule has 0 unspecified atom stereocenters. The molecule has 0 aromatic heterocycles. The second-order valence-electron chi connectivity index (χ2n) is 7.13. The zero-order valence-corrected chi connectivity index (χ0v) is 19.1. The molecule has 0 aliphatic rings. The Morgan fingerprint density at radius 2 is 1.76 bits per heavy atom. The van der Waals surface area contributed by atoms with Crippen molar-refractivity contribution >= 4 is 33.2 Å². The van der Waals surface area contributed by atoms with E-state index in [2.05, 4.69) is 5.32 Å². The molecule has 29 heavy (non-hydrogen) atoms. The third kappa shape index (κ3) is 5.42. The maximum Gasteiger partial charge on any atom is 0.244 e. The molecule has 0 radical (unpaired) electrons.